The fourth-order valence-corrected chi connectivity index (χ4v) is 3.14. The highest BCUT2D eigenvalue weighted by atomic mass is 35.5. The van der Waals surface area contributed by atoms with Crippen molar-refractivity contribution in [1.29, 1.82) is 0 Å². The Morgan fingerprint density at radius 2 is 2.04 bits per heavy atom. The highest BCUT2D eigenvalue weighted by Crippen LogP contribution is 2.32. The first kappa shape index (κ1) is 19.4. The number of nitrogens with one attached hydrogen (secondary N) is 1. The molecule has 0 unspecified atom stereocenters. The summed E-state index contributed by atoms with van der Waals surface area (Å²) < 4.78 is 45.2. The number of hydrogen-bond acceptors (Lipinski definition) is 5. The minimum absolute atomic E-state index is 0.110. The lowest BCUT2D eigenvalue weighted by Crippen LogP contribution is -2.20. The molecule has 0 saturated heterocycles. The van der Waals surface area contributed by atoms with E-state index in [1.165, 1.54) is 6.07 Å². The van der Waals surface area contributed by atoms with E-state index in [1.54, 1.807) is 18.2 Å². The van der Waals surface area contributed by atoms with E-state index in [4.69, 9.17) is 16.3 Å². The van der Waals surface area contributed by atoms with Gasteiger partial charge in [0, 0.05) is 16.9 Å². The Kier molecular flexibility index (Phi) is 5.84. The van der Waals surface area contributed by atoms with E-state index >= 15 is 0 Å². The van der Waals surface area contributed by atoms with Crippen LogP contribution in [-0.2, 0) is 10.9 Å². The smallest absolute Gasteiger partial charge is 0.434 e. The van der Waals surface area contributed by atoms with Crippen LogP contribution in [0.25, 0.3) is 0 Å². The van der Waals surface area contributed by atoms with E-state index in [0.29, 0.717) is 10.7 Å². The third-order valence-electron chi connectivity index (χ3n) is 4.28. The summed E-state index contributed by atoms with van der Waals surface area (Å²) in [5, 5.41) is 3.05. The summed E-state index contributed by atoms with van der Waals surface area (Å²) >= 11 is 5.85. The molecule has 9 heteroatoms. The van der Waals surface area contributed by atoms with Gasteiger partial charge in [-0.25, -0.2) is 14.8 Å². The van der Waals surface area contributed by atoms with E-state index in [2.05, 4.69) is 15.3 Å². The van der Waals surface area contributed by atoms with Crippen LogP contribution in [-0.4, -0.2) is 22.5 Å². The molecule has 1 aromatic carbocycles. The zero-order valence-electron chi connectivity index (χ0n) is 14.2. The average molecular weight is 400 g/mol. The van der Waals surface area contributed by atoms with Gasteiger partial charge in [-0.1, -0.05) is 30.5 Å². The van der Waals surface area contributed by atoms with Crippen molar-refractivity contribution in [3.63, 3.8) is 0 Å². The number of hydrogen-bond donors (Lipinski definition) is 1. The predicted octanol–water partition coefficient (Wildman–Crippen LogP) is 5.24. The number of benzene rings is 1. The molecule has 0 atom stereocenters. The Bertz CT molecular complexity index is 824. The molecule has 1 N–H and O–H groups in total. The molecule has 0 spiro atoms. The molecule has 0 radical (unpaired) electrons. The van der Waals surface area contributed by atoms with E-state index in [-0.39, 0.29) is 18.5 Å². The monoisotopic (exact) mass is 399 g/mol. The Labute approximate surface area is 158 Å². The number of alkyl halides is 3. The van der Waals surface area contributed by atoms with E-state index in [0.717, 1.165) is 31.9 Å². The Hall–Kier alpha value is -2.35. The van der Waals surface area contributed by atoms with E-state index < -0.39 is 23.4 Å². The Morgan fingerprint density at radius 1 is 1.30 bits per heavy atom. The van der Waals surface area contributed by atoms with Gasteiger partial charge in [-0.3, -0.25) is 0 Å². The second-order valence-corrected chi connectivity index (χ2v) is 6.77. The minimum Gasteiger partial charge on any atom is -0.462 e. The molecule has 144 valence electrons. The number of carbonyl (C=O) groups is 1. The molecule has 1 aromatic heterocycles. The molecule has 1 aliphatic carbocycles. The first-order valence-corrected chi connectivity index (χ1v) is 8.84. The standard InChI is InChI=1S/C18H17ClF3N3O2/c19-12-6-3-7-13(8-12)24-17-23-9-14(15(25-17)18(20,21)22)16(26)27-10-11-4-1-2-5-11/h3,6-9,11H,1-2,4-5,10H2,(H,23,24,25). The van der Waals surface area contributed by atoms with Crippen molar-refractivity contribution in [3.8, 4) is 0 Å². The largest absolute Gasteiger partial charge is 0.462 e. The second kappa shape index (κ2) is 8.12. The number of aromatic nitrogens is 2. The Balaban J connectivity index is 1.80. The highest BCUT2D eigenvalue weighted by molar-refractivity contribution is 6.30. The molecule has 1 aliphatic rings. The average Bonchev–Trinajstić information content (AvgIpc) is 3.12. The van der Waals surface area contributed by atoms with Gasteiger partial charge in [0.2, 0.25) is 5.95 Å². The van der Waals surface area contributed by atoms with Crippen LogP contribution in [0.4, 0.5) is 24.8 Å². The van der Waals surface area contributed by atoms with Crippen LogP contribution >= 0.6 is 11.6 Å². The lowest BCUT2D eigenvalue weighted by atomic mass is 10.1. The van der Waals surface area contributed by atoms with Crippen LogP contribution in [0.3, 0.4) is 0 Å². The predicted molar refractivity (Wildman–Crippen MR) is 94.0 cm³/mol. The molecule has 1 fully saturated rings. The lowest BCUT2D eigenvalue weighted by molar-refractivity contribution is -0.141. The molecule has 3 rings (SSSR count). The maximum Gasteiger partial charge on any atom is 0.434 e. The third-order valence-corrected chi connectivity index (χ3v) is 4.52. The second-order valence-electron chi connectivity index (χ2n) is 6.34. The number of nitrogens with zero attached hydrogens (tertiary/aromatic N) is 2. The molecule has 0 amide bonds. The number of esters is 1. The van der Waals surface area contributed by atoms with Crippen LogP contribution in [0.15, 0.2) is 30.5 Å². The third kappa shape index (κ3) is 5.09. The van der Waals surface area contributed by atoms with Gasteiger partial charge in [0.1, 0.15) is 5.56 Å². The first-order valence-electron chi connectivity index (χ1n) is 8.47. The molecule has 1 saturated carbocycles. The highest BCUT2D eigenvalue weighted by Gasteiger charge is 2.39. The summed E-state index contributed by atoms with van der Waals surface area (Å²) in [7, 11) is 0. The maximum atomic E-state index is 13.4. The fourth-order valence-electron chi connectivity index (χ4n) is 2.95. The molecule has 0 aliphatic heterocycles. The van der Waals surface area contributed by atoms with Gasteiger partial charge in [0.05, 0.1) is 6.61 Å². The summed E-state index contributed by atoms with van der Waals surface area (Å²) in [4.78, 5) is 19.4. The normalized spacial score (nSPS) is 15.0. The molecule has 5 nitrogen and oxygen atoms in total. The number of carbonyl (C=O) groups excluding carboxylic acids is 1. The van der Waals surface area contributed by atoms with Crippen LogP contribution in [0.1, 0.15) is 41.7 Å². The van der Waals surface area contributed by atoms with Gasteiger partial charge in [-0.15, -0.1) is 0 Å². The summed E-state index contributed by atoms with van der Waals surface area (Å²) in [5.41, 5.74) is -1.61. The van der Waals surface area contributed by atoms with Gasteiger partial charge >= 0.3 is 12.1 Å². The first-order chi connectivity index (χ1) is 12.8. The van der Waals surface area contributed by atoms with Crippen molar-refractivity contribution in [2.75, 3.05) is 11.9 Å². The van der Waals surface area contributed by atoms with E-state index in [9.17, 15) is 18.0 Å². The summed E-state index contributed by atoms with van der Waals surface area (Å²) in [5.74, 6) is -1.16. The van der Waals surface area contributed by atoms with Crippen molar-refractivity contribution in [2.45, 2.75) is 31.9 Å². The van der Waals surface area contributed by atoms with Crippen molar-refractivity contribution < 1.29 is 22.7 Å². The van der Waals surface area contributed by atoms with Crippen LogP contribution in [0.2, 0.25) is 5.02 Å². The van der Waals surface area contributed by atoms with Gasteiger partial charge in [0.25, 0.3) is 0 Å². The molecule has 1 heterocycles. The maximum absolute atomic E-state index is 13.4. The van der Waals surface area contributed by atoms with Crippen molar-refractivity contribution in [1.82, 2.24) is 9.97 Å². The number of halogens is 4. The fraction of sp³-hybridized carbons (Fsp3) is 0.389. The number of rotatable bonds is 5. The lowest BCUT2D eigenvalue weighted by Gasteiger charge is -2.14. The van der Waals surface area contributed by atoms with Crippen LogP contribution in [0.5, 0.6) is 0 Å². The molecule has 27 heavy (non-hydrogen) atoms. The van der Waals surface area contributed by atoms with Gasteiger partial charge < -0.3 is 10.1 Å². The van der Waals surface area contributed by atoms with Gasteiger partial charge in [-0.05, 0) is 37.0 Å². The summed E-state index contributed by atoms with van der Waals surface area (Å²) in [6, 6.07) is 6.37. The summed E-state index contributed by atoms with van der Waals surface area (Å²) in [6.07, 6.45) is -0.0715. The van der Waals surface area contributed by atoms with Gasteiger partial charge in [0.15, 0.2) is 5.69 Å². The van der Waals surface area contributed by atoms with Crippen LogP contribution in [0, 0.1) is 5.92 Å². The topological polar surface area (TPSA) is 64.1 Å². The van der Waals surface area contributed by atoms with Crippen molar-refractivity contribution in [2.24, 2.45) is 5.92 Å². The summed E-state index contributed by atoms with van der Waals surface area (Å²) in [6.45, 7) is 0.110. The SMILES string of the molecule is O=C(OCC1CCCC1)c1cnc(Nc2cccc(Cl)c2)nc1C(F)(F)F. The minimum atomic E-state index is -4.82. The van der Waals surface area contributed by atoms with Crippen molar-refractivity contribution >= 4 is 29.2 Å². The molecular weight excluding hydrogens is 383 g/mol. The quantitative estimate of drug-likeness (QED) is 0.696. The van der Waals surface area contributed by atoms with Crippen LogP contribution < -0.4 is 5.32 Å². The molecule has 0 bridgehead atoms. The van der Waals surface area contributed by atoms with Crippen molar-refractivity contribution in [3.05, 3.63) is 46.7 Å². The number of anilines is 2. The number of ether oxygens (including phenoxy) is 1. The zero-order valence-corrected chi connectivity index (χ0v) is 15.0. The molecule has 2 aromatic rings. The molecular formula is C18H17ClF3N3O2. The van der Waals surface area contributed by atoms with E-state index in [1.807, 2.05) is 0 Å². The van der Waals surface area contributed by atoms with Gasteiger partial charge in [-0.2, -0.15) is 13.2 Å². The zero-order chi connectivity index (χ0) is 19.4. The Morgan fingerprint density at radius 3 is 2.70 bits per heavy atom.